The third-order valence-corrected chi connectivity index (χ3v) is 3.84. The van der Waals surface area contributed by atoms with Gasteiger partial charge in [-0.25, -0.2) is 0 Å². The summed E-state index contributed by atoms with van der Waals surface area (Å²) in [5.74, 6) is 0. The second-order valence-corrected chi connectivity index (χ2v) is 5.24. The predicted molar refractivity (Wildman–Crippen MR) is 86.2 cm³/mol. The molecule has 2 heterocycles. The van der Waals surface area contributed by atoms with Gasteiger partial charge in [-0.3, -0.25) is 4.68 Å². The van der Waals surface area contributed by atoms with Crippen molar-refractivity contribution >= 4 is 10.9 Å². The topological polar surface area (TPSA) is 34.8 Å². The van der Waals surface area contributed by atoms with E-state index in [0.29, 0.717) is 0 Å². The number of aromatic nitrogens is 3. The molecule has 4 nitrogen and oxygen atoms in total. The van der Waals surface area contributed by atoms with Gasteiger partial charge in [0, 0.05) is 37.5 Å². The summed E-state index contributed by atoms with van der Waals surface area (Å²) in [5, 5.41) is 9.10. The fourth-order valence-electron chi connectivity index (χ4n) is 2.72. The first-order valence-electron chi connectivity index (χ1n) is 7.64. The standard InChI is InChI=1S/C17H22N4/c1-2-21-16(8-11-19-21)14-18-10-5-12-20-13-9-15-6-3-4-7-17(15)20/h3-4,6-9,11,13,18H,2,5,10,12,14H2,1H3. The van der Waals surface area contributed by atoms with Crippen LogP contribution in [-0.2, 0) is 19.6 Å². The van der Waals surface area contributed by atoms with Crippen LogP contribution in [0.3, 0.4) is 0 Å². The van der Waals surface area contributed by atoms with E-state index < -0.39 is 0 Å². The third kappa shape index (κ3) is 3.16. The first kappa shape index (κ1) is 13.9. The molecule has 2 aromatic heterocycles. The normalized spacial score (nSPS) is 11.3. The molecule has 0 unspecified atom stereocenters. The van der Waals surface area contributed by atoms with Gasteiger partial charge in [0.25, 0.3) is 0 Å². The molecule has 0 amide bonds. The Balaban J connectivity index is 1.46. The largest absolute Gasteiger partial charge is 0.347 e. The molecule has 0 atom stereocenters. The first-order chi connectivity index (χ1) is 10.4. The lowest BCUT2D eigenvalue weighted by Crippen LogP contribution is -2.18. The summed E-state index contributed by atoms with van der Waals surface area (Å²) in [7, 11) is 0. The van der Waals surface area contributed by atoms with Crippen LogP contribution in [-0.4, -0.2) is 20.9 Å². The minimum Gasteiger partial charge on any atom is -0.347 e. The van der Waals surface area contributed by atoms with Crippen molar-refractivity contribution < 1.29 is 0 Å². The summed E-state index contributed by atoms with van der Waals surface area (Å²) in [6, 6.07) is 12.8. The minimum absolute atomic E-state index is 0.889. The van der Waals surface area contributed by atoms with E-state index >= 15 is 0 Å². The Kier molecular flexibility index (Phi) is 4.36. The summed E-state index contributed by atoms with van der Waals surface area (Å²) < 4.78 is 4.36. The average Bonchev–Trinajstić information content (AvgIpc) is 3.13. The van der Waals surface area contributed by atoms with Gasteiger partial charge >= 0.3 is 0 Å². The summed E-state index contributed by atoms with van der Waals surface area (Å²) in [5.41, 5.74) is 2.57. The quantitative estimate of drug-likeness (QED) is 0.676. The lowest BCUT2D eigenvalue weighted by Gasteiger charge is -2.08. The molecule has 21 heavy (non-hydrogen) atoms. The lowest BCUT2D eigenvalue weighted by molar-refractivity contribution is 0.554. The Bertz CT molecular complexity index is 695. The van der Waals surface area contributed by atoms with Gasteiger partial charge in [0.2, 0.25) is 0 Å². The third-order valence-electron chi connectivity index (χ3n) is 3.84. The second-order valence-electron chi connectivity index (χ2n) is 5.24. The molecule has 110 valence electrons. The smallest absolute Gasteiger partial charge is 0.0521 e. The van der Waals surface area contributed by atoms with Gasteiger partial charge in [-0.05, 0) is 43.5 Å². The molecule has 3 rings (SSSR count). The van der Waals surface area contributed by atoms with Crippen LogP contribution in [0.2, 0.25) is 0 Å². The average molecular weight is 282 g/mol. The van der Waals surface area contributed by atoms with E-state index in [1.54, 1.807) is 0 Å². The number of rotatable bonds is 7. The van der Waals surface area contributed by atoms with E-state index in [9.17, 15) is 0 Å². The van der Waals surface area contributed by atoms with Gasteiger partial charge in [0.1, 0.15) is 0 Å². The molecule has 0 spiro atoms. The predicted octanol–water partition coefficient (Wildman–Crippen LogP) is 3.04. The van der Waals surface area contributed by atoms with E-state index in [-0.39, 0.29) is 0 Å². The highest BCUT2D eigenvalue weighted by atomic mass is 15.3. The molecule has 3 aromatic rings. The monoisotopic (exact) mass is 282 g/mol. The molecule has 1 N–H and O–H groups in total. The second kappa shape index (κ2) is 6.59. The highest BCUT2D eigenvalue weighted by Gasteiger charge is 2.01. The van der Waals surface area contributed by atoms with Gasteiger partial charge in [-0.2, -0.15) is 5.10 Å². The molecule has 1 aromatic carbocycles. The summed E-state index contributed by atoms with van der Waals surface area (Å²) >= 11 is 0. The van der Waals surface area contributed by atoms with Gasteiger partial charge in [-0.15, -0.1) is 0 Å². The van der Waals surface area contributed by atoms with Crippen LogP contribution in [0.5, 0.6) is 0 Å². The van der Waals surface area contributed by atoms with Crippen LogP contribution >= 0.6 is 0 Å². The lowest BCUT2D eigenvalue weighted by atomic mass is 10.2. The maximum atomic E-state index is 4.28. The van der Waals surface area contributed by atoms with E-state index in [2.05, 4.69) is 64.5 Å². The maximum Gasteiger partial charge on any atom is 0.0521 e. The number of nitrogens with one attached hydrogen (secondary N) is 1. The highest BCUT2D eigenvalue weighted by Crippen LogP contribution is 2.15. The molecule has 0 aliphatic rings. The van der Waals surface area contributed by atoms with Crippen molar-refractivity contribution in [2.24, 2.45) is 0 Å². The Labute approximate surface area is 125 Å². The van der Waals surface area contributed by atoms with Crippen molar-refractivity contribution in [3.05, 3.63) is 54.5 Å². The number of fused-ring (bicyclic) bond motifs is 1. The van der Waals surface area contributed by atoms with Crippen molar-refractivity contribution in [2.45, 2.75) is 33.0 Å². The van der Waals surface area contributed by atoms with E-state index in [4.69, 9.17) is 0 Å². The SMILES string of the molecule is CCn1nccc1CNCCCn1ccc2ccccc21. The molecular weight excluding hydrogens is 260 g/mol. The van der Waals surface area contributed by atoms with Crippen LogP contribution in [0.25, 0.3) is 10.9 Å². The van der Waals surface area contributed by atoms with Crippen LogP contribution in [0.4, 0.5) is 0 Å². The number of para-hydroxylation sites is 1. The number of hydrogen-bond acceptors (Lipinski definition) is 2. The van der Waals surface area contributed by atoms with Crippen molar-refractivity contribution in [3.8, 4) is 0 Å². The van der Waals surface area contributed by atoms with Gasteiger partial charge in [0.05, 0.1) is 5.69 Å². The molecule has 0 radical (unpaired) electrons. The summed E-state index contributed by atoms with van der Waals surface area (Å²) in [6.45, 7) is 6.00. The Morgan fingerprint density at radius 2 is 2.05 bits per heavy atom. The fourth-order valence-corrected chi connectivity index (χ4v) is 2.72. The van der Waals surface area contributed by atoms with Gasteiger partial charge < -0.3 is 9.88 Å². The molecule has 0 aliphatic carbocycles. The zero-order valence-corrected chi connectivity index (χ0v) is 12.5. The maximum absolute atomic E-state index is 4.28. The summed E-state index contributed by atoms with van der Waals surface area (Å²) in [4.78, 5) is 0. The molecule has 0 bridgehead atoms. The van der Waals surface area contributed by atoms with Crippen molar-refractivity contribution in [1.82, 2.24) is 19.7 Å². The molecular formula is C17H22N4. The van der Waals surface area contributed by atoms with Crippen LogP contribution in [0.1, 0.15) is 19.0 Å². The van der Waals surface area contributed by atoms with Crippen molar-refractivity contribution in [3.63, 3.8) is 0 Å². The first-order valence-corrected chi connectivity index (χ1v) is 7.64. The molecule has 0 saturated carbocycles. The van der Waals surface area contributed by atoms with Gasteiger partial charge in [0.15, 0.2) is 0 Å². The number of hydrogen-bond donors (Lipinski definition) is 1. The van der Waals surface area contributed by atoms with Crippen LogP contribution in [0.15, 0.2) is 48.8 Å². The van der Waals surface area contributed by atoms with Crippen molar-refractivity contribution in [2.75, 3.05) is 6.54 Å². The minimum atomic E-state index is 0.889. The van der Waals surface area contributed by atoms with Crippen molar-refractivity contribution in [1.29, 1.82) is 0 Å². The Morgan fingerprint density at radius 1 is 1.14 bits per heavy atom. The number of nitrogens with zero attached hydrogens (tertiary/aromatic N) is 3. The Hall–Kier alpha value is -2.07. The Morgan fingerprint density at radius 3 is 2.95 bits per heavy atom. The highest BCUT2D eigenvalue weighted by molar-refractivity contribution is 5.79. The number of benzene rings is 1. The molecule has 4 heteroatoms. The van der Waals surface area contributed by atoms with Gasteiger partial charge in [-0.1, -0.05) is 18.2 Å². The summed E-state index contributed by atoms with van der Waals surface area (Å²) in [6.07, 6.45) is 5.17. The van der Waals surface area contributed by atoms with E-state index in [1.807, 2.05) is 10.9 Å². The van der Waals surface area contributed by atoms with Crippen LogP contribution in [0, 0.1) is 0 Å². The van der Waals surface area contributed by atoms with E-state index in [1.165, 1.54) is 16.6 Å². The molecule has 0 saturated heterocycles. The number of aryl methyl sites for hydroxylation is 2. The molecule has 0 fully saturated rings. The van der Waals surface area contributed by atoms with Crippen LogP contribution < -0.4 is 5.32 Å². The van der Waals surface area contributed by atoms with E-state index in [0.717, 1.165) is 32.6 Å². The fraction of sp³-hybridized carbons (Fsp3) is 0.353. The zero-order chi connectivity index (χ0) is 14.5. The molecule has 0 aliphatic heterocycles. The zero-order valence-electron chi connectivity index (χ0n) is 12.5.